The number of hydrogen-bond donors (Lipinski definition) is 6. The molecule has 6 N–H and O–H groups in total. The first kappa shape index (κ1) is 20.5. The molecule has 0 radical (unpaired) electrons. The Kier molecular flexibility index (Phi) is 6.71. The zero-order valence-corrected chi connectivity index (χ0v) is 16.2. The summed E-state index contributed by atoms with van der Waals surface area (Å²) in [4.78, 5) is 24.5. The minimum Gasteiger partial charge on any atom is -0.394 e. The number of halogens is 1. The number of carbonyl (C=O) groups excluding carboxylic acids is 2. The highest BCUT2D eigenvalue weighted by Crippen LogP contribution is 2.26. The van der Waals surface area contributed by atoms with Gasteiger partial charge in [-0.3, -0.25) is 30.9 Å². The van der Waals surface area contributed by atoms with Gasteiger partial charge in [0, 0.05) is 10.9 Å². The van der Waals surface area contributed by atoms with E-state index in [1.54, 1.807) is 0 Å². The molecule has 1 aromatic rings. The Labute approximate surface area is 165 Å². The van der Waals surface area contributed by atoms with E-state index in [1.807, 2.05) is 24.3 Å². The summed E-state index contributed by atoms with van der Waals surface area (Å²) in [7, 11) is 0. The molecular weight excluding hydrogens is 420 g/mol. The number of benzene rings is 1. The van der Waals surface area contributed by atoms with E-state index >= 15 is 0 Å². The summed E-state index contributed by atoms with van der Waals surface area (Å²) in [5.74, 6) is 0.000555. The predicted octanol–water partition coefficient (Wildman–Crippen LogP) is -1.81. The number of rotatable bonds is 6. The van der Waals surface area contributed by atoms with Crippen LogP contribution < -0.4 is 21.3 Å². The van der Waals surface area contributed by atoms with Gasteiger partial charge in [0.2, 0.25) is 0 Å². The first-order valence-corrected chi connectivity index (χ1v) is 9.48. The van der Waals surface area contributed by atoms with Gasteiger partial charge in [0.15, 0.2) is 11.6 Å². The van der Waals surface area contributed by atoms with E-state index in [1.165, 1.54) is 0 Å². The summed E-state index contributed by atoms with van der Waals surface area (Å²) < 4.78 is 5.63. The largest absolute Gasteiger partial charge is 0.394 e. The third kappa shape index (κ3) is 4.44. The smallest absolute Gasteiger partial charge is 0.199 e. The van der Waals surface area contributed by atoms with Crippen molar-refractivity contribution in [1.29, 1.82) is 0 Å². The highest BCUT2D eigenvalue weighted by atomic mass is 79.9. The molecule has 1 aromatic carbocycles. The zero-order valence-electron chi connectivity index (χ0n) is 14.6. The van der Waals surface area contributed by atoms with Crippen molar-refractivity contribution in [2.75, 3.05) is 26.4 Å². The predicted molar refractivity (Wildman–Crippen MR) is 99.5 cm³/mol. The molecule has 4 fully saturated rings. The normalized spacial score (nSPS) is 31.0. The fourth-order valence-electron chi connectivity index (χ4n) is 3.34. The molecule has 2 unspecified atom stereocenters. The molecule has 0 amide bonds. The molecule has 0 aliphatic carbocycles. The maximum Gasteiger partial charge on any atom is 0.199 e. The number of aliphatic hydroxyl groups excluding tert-OH is 2. The second-order valence-corrected chi connectivity index (χ2v) is 7.37. The molecule has 0 spiro atoms. The molecule has 2 atom stereocenters. The first-order valence-electron chi connectivity index (χ1n) is 8.68. The fraction of sp³-hybridized carbons (Fsp3) is 0.529. The number of ether oxygens (including phenoxy) is 1. The summed E-state index contributed by atoms with van der Waals surface area (Å²) in [6, 6.07) is 7.84. The number of Topliss-reactive ketones (excluding diaryl/α,β-unsaturated/α-hetero) is 2. The Bertz CT molecular complexity index is 664. The summed E-state index contributed by atoms with van der Waals surface area (Å²) in [5.41, 5.74) is 0.175. The molecule has 27 heavy (non-hydrogen) atoms. The molecule has 4 aliphatic heterocycles. The Hall–Kier alpha value is -1.24. The van der Waals surface area contributed by atoms with Crippen molar-refractivity contribution in [2.24, 2.45) is 0 Å². The molecule has 148 valence electrons. The van der Waals surface area contributed by atoms with Gasteiger partial charge in [-0.1, -0.05) is 28.1 Å². The SMILES string of the molecule is O=C1C2NC3NC1NC(Cc1ccc(Br)cc1)(N2)C3=O.OCCOCCO. The van der Waals surface area contributed by atoms with Crippen molar-refractivity contribution >= 4 is 27.5 Å². The van der Waals surface area contributed by atoms with Crippen molar-refractivity contribution < 1.29 is 24.5 Å². The first-order chi connectivity index (χ1) is 13.0. The molecule has 9 nitrogen and oxygen atoms in total. The van der Waals surface area contributed by atoms with Crippen molar-refractivity contribution in [3.8, 4) is 0 Å². The molecule has 4 aliphatic rings. The van der Waals surface area contributed by atoms with E-state index < -0.39 is 24.2 Å². The van der Waals surface area contributed by atoms with Gasteiger partial charge >= 0.3 is 0 Å². The van der Waals surface area contributed by atoms with Crippen LogP contribution in [0.25, 0.3) is 0 Å². The number of hydrogen-bond acceptors (Lipinski definition) is 9. The van der Waals surface area contributed by atoms with E-state index in [2.05, 4.69) is 41.9 Å². The fourth-order valence-corrected chi connectivity index (χ4v) is 3.61. The third-order valence-electron chi connectivity index (χ3n) is 4.55. The molecule has 0 aromatic heterocycles. The maximum absolute atomic E-state index is 12.5. The Morgan fingerprint density at radius 3 is 2.04 bits per heavy atom. The van der Waals surface area contributed by atoms with Crippen LogP contribution in [0.5, 0.6) is 0 Å². The van der Waals surface area contributed by atoms with Gasteiger partial charge in [-0.2, -0.15) is 0 Å². The summed E-state index contributed by atoms with van der Waals surface area (Å²) in [6.07, 6.45) is -0.860. The van der Waals surface area contributed by atoms with Crippen LogP contribution in [0.4, 0.5) is 0 Å². The monoisotopic (exact) mass is 442 g/mol. The maximum atomic E-state index is 12.5. The molecular formula is C17H23BrN4O5. The van der Waals surface area contributed by atoms with E-state index in [9.17, 15) is 9.59 Å². The van der Waals surface area contributed by atoms with E-state index in [4.69, 9.17) is 10.2 Å². The second kappa shape index (κ2) is 8.84. The highest BCUT2D eigenvalue weighted by Gasteiger charge is 2.59. The topological polar surface area (TPSA) is 132 Å². The summed E-state index contributed by atoms with van der Waals surface area (Å²) in [6.45, 7) is 0.696. The van der Waals surface area contributed by atoms with E-state index in [-0.39, 0.29) is 24.8 Å². The molecule has 4 saturated heterocycles. The van der Waals surface area contributed by atoms with Gasteiger partial charge in [-0.05, 0) is 17.7 Å². The lowest BCUT2D eigenvalue weighted by molar-refractivity contribution is -0.154. The molecule has 4 bridgehead atoms. The summed E-state index contributed by atoms with van der Waals surface area (Å²) >= 11 is 3.40. The van der Waals surface area contributed by atoms with Gasteiger partial charge in [-0.25, -0.2) is 0 Å². The van der Waals surface area contributed by atoms with Crippen LogP contribution in [0.1, 0.15) is 5.56 Å². The number of carbonyl (C=O) groups is 2. The lowest BCUT2D eigenvalue weighted by Gasteiger charge is -2.56. The molecule has 0 saturated carbocycles. The van der Waals surface area contributed by atoms with Crippen LogP contribution in [0.15, 0.2) is 28.7 Å². The zero-order chi connectivity index (χ0) is 19.4. The van der Waals surface area contributed by atoms with Gasteiger partial charge in [-0.15, -0.1) is 0 Å². The van der Waals surface area contributed by atoms with Crippen LogP contribution in [0, 0.1) is 0 Å². The quantitative estimate of drug-likeness (QED) is 0.282. The minimum atomic E-state index is -0.863. The Morgan fingerprint density at radius 2 is 1.52 bits per heavy atom. The number of nitrogens with one attached hydrogen (secondary N) is 4. The van der Waals surface area contributed by atoms with Crippen molar-refractivity contribution in [2.45, 2.75) is 30.6 Å². The van der Waals surface area contributed by atoms with Crippen LogP contribution in [0.2, 0.25) is 0 Å². The molecule has 4 heterocycles. The molecule has 10 heteroatoms. The summed E-state index contributed by atoms with van der Waals surface area (Å²) in [5, 5.41) is 28.3. The Morgan fingerprint density at radius 1 is 0.963 bits per heavy atom. The average molecular weight is 443 g/mol. The van der Waals surface area contributed by atoms with Crippen molar-refractivity contribution in [1.82, 2.24) is 21.3 Å². The lowest BCUT2D eigenvalue weighted by Crippen LogP contribution is -2.93. The van der Waals surface area contributed by atoms with Crippen LogP contribution in [0.3, 0.4) is 0 Å². The third-order valence-corrected chi connectivity index (χ3v) is 5.08. The van der Waals surface area contributed by atoms with E-state index in [0.717, 1.165) is 10.0 Å². The van der Waals surface area contributed by atoms with Gasteiger partial charge < -0.3 is 14.9 Å². The molecule has 5 rings (SSSR count). The number of aliphatic hydroxyl groups is 2. The van der Waals surface area contributed by atoms with Crippen molar-refractivity contribution in [3.05, 3.63) is 34.3 Å². The standard InChI is InChI=1S/C13H13BrN4O2.C4H10O3/c14-7-3-1-6(2-4-7)5-13-9(20)12-15-10(17-13)8(19)11(16-12)18-13;5-1-3-7-4-2-6/h1-4,10-12,15-18H,5H2;5-6H,1-4H2. The highest BCUT2D eigenvalue weighted by molar-refractivity contribution is 9.10. The minimum absolute atomic E-state index is 0.000168. The average Bonchev–Trinajstić information content (AvgIpc) is 2.64. The van der Waals surface area contributed by atoms with Gasteiger partial charge in [0.25, 0.3) is 0 Å². The Balaban J connectivity index is 0.000000260. The van der Waals surface area contributed by atoms with Crippen LogP contribution in [-0.4, -0.2) is 72.4 Å². The second-order valence-electron chi connectivity index (χ2n) is 6.46. The van der Waals surface area contributed by atoms with Crippen LogP contribution >= 0.6 is 15.9 Å². The van der Waals surface area contributed by atoms with E-state index in [0.29, 0.717) is 19.6 Å². The van der Waals surface area contributed by atoms with Gasteiger partial charge in [0.1, 0.15) is 24.2 Å². The van der Waals surface area contributed by atoms with Crippen molar-refractivity contribution in [3.63, 3.8) is 0 Å². The number of ketones is 2. The van der Waals surface area contributed by atoms with Gasteiger partial charge in [0.05, 0.1) is 26.4 Å². The lowest BCUT2D eigenvalue weighted by atomic mass is 9.84. The van der Waals surface area contributed by atoms with Crippen LogP contribution in [-0.2, 0) is 20.7 Å².